The van der Waals surface area contributed by atoms with Crippen molar-refractivity contribution in [1.82, 2.24) is 0 Å². The van der Waals surface area contributed by atoms with Crippen LogP contribution in [0.1, 0.15) is 30.9 Å². The summed E-state index contributed by atoms with van der Waals surface area (Å²) in [7, 11) is 0. The van der Waals surface area contributed by atoms with Gasteiger partial charge in [0.15, 0.2) is 0 Å². The van der Waals surface area contributed by atoms with Gasteiger partial charge in [-0.15, -0.1) is 0 Å². The first-order valence-corrected chi connectivity index (χ1v) is 7.77. The van der Waals surface area contributed by atoms with Gasteiger partial charge in [-0.3, -0.25) is 9.59 Å². The second-order valence-corrected chi connectivity index (χ2v) is 6.06. The van der Waals surface area contributed by atoms with Crippen LogP contribution in [0.25, 0.3) is 0 Å². The molecule has 0 spiro atoms. The van der Waals surface area contributed by atoms with E-state index in [0.29, 0.717) is 0 Å². The van der Waals surface area contributed by atoms with Crippen LogP contribution in [0.2, 0.25) is 0 Å². The number of anilines is 2. The molecule has 4 nitrogen and oxygen atoms in total. The first-order chi connectivity index (χ1) is 11.0. The Labute approximate surface area is 135 Å². The van der Waals surface area contributed by atoms with Crippen molar-refractivity contribution in [1.29, 1.82) is 0 Å². The van der Waals surface area contributed by atoms with E-state index in [2.05, 4.69) is 10.6 Å². The molecule has 0 bridgehead atoms. The molecule has 0 saturated heterocycles. The molecule has 1 aliphatic carbocycles. The molecular weight excluding hydrogens is 288 g/mol. The lowest BCUT2D eigenvalue weighted by molar-refractivity contribution is -0.118. The number of carbonyl (C=O) groups excluding carboxylic acids is 2. The average molecular weight is 308 g/mol. The Balaban J connectivity index is 1.83. The van der Waals surface area contributed by atoms with Gasteiger partial charge in [0.05, 0.1) is 5.41 Å². The van der Waals surface area contributed by atoms with Gasteiger partial charge < -0.3 is 10.6 Å². The fraction of sp³-hybridized carbons (Fsp3) is 0.263. The normalized spacial score (nSPS) is 14.9. The van der Waals surface area contributed by atoms with Crippen LogP contribution in [-0.2, 0) is 15.0 Å². The molecule has 2 aromatic rings. The predicted molar refractivity (Wildman–Crippen MR) is 91.5 cm³/mol. The molecule has 3 rings (SSSR count). The van der Waals surface area contributed by atoms with Crippen LogP contribution in [0.15, 0.2) is 48.5 Å². The van der Waals surface area contributed by atoms with Gasteiger partial charge in [-0.1, -0.05) is 36.4 Å². The zero-order valence-electron chi connectivity index (χ0n) is 13.3. The zero-order valence-corrected chi connectivity index (χ0v) is 13.3. The lowest BCUT2D eigenvalue weighted by Crippen LogP contribution is -2.28. The van der Waals surface area contributed by atoms with Crippen molar-refractivity contribution >= 4 is 23.2 Å². The molecule has 0 atom stereocenters. The van der Waals surface area contributed by atoms with Gasteiger partial charge in [0.1, 0.15) is 0 Å². The number of benzene rings is 2. The van der Waals surface area contributed by atoms with Gasteiger partial charge in [0.2, 0.25) is 11.8 Å². The van der Waals surface area contributed by atoms with Crippen molar-refractivity contribution < 1.29 is 9.59 Å². The Morgan fingerprint density at radius 3 is 2.09 bits per heavy atom. The molecule has 2 amide bonds. The SMILES string of the molecule is CC(=O)Nc1cccc(NC(=O)C2(c3ccccc3)CC2)c1C. The summed E-state index contributed by atoms with van der Waals surface area (Å²) in [6.45, 7) is 3.36. The lowest BCUT2D eigenvalue weighted by Gasteiger charge is -2.18. The van der Waals surface area contributed by atoms with E-state index in [-0.39, 0.29) is 11.8 Å². The molecule has 2 aromatic carbocycles. The van der Waals surface area contributed by atoms with Crippen LogP contribution in [0.4, 0.5) is 11.4 Å². The Bertz CT molecular complexity index is 749. The second kappa shape index (κ2) is 5.88. The minimum atomic E-state index is -0.405. The van der Waals surface area contributed by atoms with Crippen LogP contribution < -0.4 is 10.6 Å². The third-order valence-electron chi connectivity index (χ3n) is 4.40. The van der Waals surface area contributed by atoms with Gasteiger partial charge in [0, 0.05) is 18.3 Å². The van der Waals surface area contributed by atoms with Crippen LogP contribution in [0, 0.1) is 6.92 Å². The van der Waals surface area contributed by atoms with Gasteiger partial charge >= 0.3 is 0 Å². The predicted octanol–water partition coefficient (Wildman–Crippen LogP) is 3.62. The maximum absolute atomic E-state index is 12.8. The van der Waals surface area contributed by atoms with E-state index in [9.17, 15) is 9.59 Å². The van der Waals surface area contributed by atoms with Crippen molar-refractivity contribution in [2.75, 3.05) is 10.6 Å². The summed E-state index contributed by atoms with van der Waals surface area (Å²) in [4.78, 5) is 24.0. The molecule has 0 aliphatic heterocycles. The molecule has 1 fully saturated rings. The van der Waals surface area contributed by atoms with E-state index in [1.807, 2.05) is 55.5 Å². The molecule has 118 valence electrons. The van der Waals surface area contributed by atoms with Gasteiger partial charge in [-0.05, 0) is 43.0 Å². The number of carbonyl (C=O) groups is 2. The molecule has 0 unspecified atom stereocenters. The van der Waals surface area contributed by atoms with E-state index < -0.39 is 5.41 Å². The van der Waals surface area contributed by atoms with Crippen LogP contribution in [0.3, 0.4) is 0 Å². The molecule has 1 aliphatic rings. The Morgan fingerprint density at radius 1 is 0.913 bits per heavy atom. The van der Waals surface area contributed by atoms with Crippen LogP contribution in [0.5, 0.6) is 0 Å². The second-order valence-electron chi connectivity index (χ2n) is 6.06. The standard InChI is InChI=1S/C19H20N2O2/c1-13-16(20-14(2)22)9-6-10-17(13)21-18(23)19(11-12-19)15-7-4-3-5-8-15/h3-10H,11-12H2,1-2H3,(H,20,22)(H,21,23). The first kappa shape index (κ1) is 15.3. The highest BCUT2D eigenvalue weighted by molar-refractivity contribution is 6.02. The van der Waals surface area contributed by atoms with Crippen molar-refractivity contribution in [3.8, 4) is 0 Å². The molecule has 0 heterocycles. The summed E-state index contributed by atoms with van der Waals surface area (Å²) >= 11 is 0. The zero-order chi connectivity index (χ0) is 16.4. The Morgan fingerprint density at radius 2 is 1.52 bits per heavy atom. The van der Waals surface area contributed by atoms with Crippen molar-refractivity contribution in [2.45, 2.75) is 32.1 Å². The fourth-order valence-electron chi connectivity index (χ4n) is 2.87. The summed E-state index contributed by atoms with van der Waals surface area (Å²) in [6, 6.07) is 15.4. The Hall–Kier alpha value is -2.62. The highest BCUT2D eigenvalue weighted by Gasteiger charge is 2.51. The van der Waals surface area contributed by atoms with E-state index in [1.54, 1.807) is 0 Å². The summed E-state index contributed by atoms with van der Waals surface area (Å²) in [5.41, 5.74) is 2.98. The number of nitrogens with one attached hydrogen (secondary N) is 2. The minimum Gasteiger partial charge on any atom is -0.326 e. The third kappa shape index (κ3) is 2.97. The molecule has 0 radical (unpaired) electrons. The smallest absolute Gasteiger partial charge is 0.235 e. The van der Waals surface area contributed by atoms with E-state index >= 15 is 0 Å². The summed E-state index contributed by atoms with van der Waals surface area (Å²) in [6.07, 6.45) is 1.74. The third-order valence-corrected chi connectivity index (χ3v) is 4.40. The van der Waals surface area contributed by atoms with E-state index in [0.717, 1.165) is 35.3 Å². The highest BCUT2D eigenvalue weighted by atomic mass is 16.2. The minimum absolute atomic E-state index is 0.0202. The maximum Gasteiger partial charge on any atom is 0.235 e. The number of rotatable bonds is 4. The van der Waals surface area contributed by atoms with Crippen molar-refractivity contribution in [2.24, 2.45) is 0 Å². The largest absolute Gasteiger partial charge is 0.326 e. The molecule has 0 aromatic heterocycles. The number of hydrogen-bond acceptors (Lipinski definition) is 2. The Kier molecular flexibility index (Phi) is 3.90. The summed E-state index contributed by atoms with van der Waals surface area (Å²) < 4.78 is 0. The monoisotopic (exact) mass is 308 g/mol. The summed E-state index contributed by atoms with van der Waals surface area (Å²) in [5.74, 6) is -0.105. The first-order valence-electron chi connectivity index (χ1n) is 7.77. The van der Waals surface area contributed by atoms with Gasteiger partial charge in [-0.2, -0.15) is 0 Å². The number of hydrogen-bond donors (Lipinski definition) is 2. The molecule has 23 heavy (non-hydrogen) atoms. The molecule has 1 saturated carbocycles. The molecular formula is C19H20N2O2. The maximum atomic E-state index is 12.8. The fourth-order valence-corrected chi connectivity index (χ4v) is 2.87. The lowest BCUT2D eigenvalue weighted by atomic mass is 9.95. The summed E-state index contributed by atoms with van der Waals surface area (Å²) in [5, 5.41) is 5.82. The van der Waals surface area contributed by atoms with E-state index in [4.69, 9.17) is 0 Å². The van der Waals surface area contributed by atoms with E-state index in [1.165, 1.54) is 6.92 Å². The van der Waals surface area contributed by atoms with Crippen LogP contribution in [-0.4, -0.2) is 11.8 Å². The van der Waals surface area contributed by atoms with Gasteiger partial charge in [0.25, 0.3) is 0 Å². The highest BCUT2D eigenvalue weighted by Crippen LogP contribution is 2.49. The molecule has 2 N–H and O–H groups in total. The number of amides is 2. The average Bonchev–Trinajstić information content (AvgIpc) is 3.33. The van der Waals surface area contributed by atoms with Gasteiger partial charge in [-0.25, -0.2) is 0 Å². The quantitative estimate of drug-likeness (QED) is 0.906. The topological polar surface area (TPSA) is 58.2 Å². The van der Waals surface area contributed by atoms with Crippen molar-refractivity contribution in [3.63, 3.8) is 0 Å². The molecule has 4 heteroatoms. The van der Waals surface area contributed by atoms with Crippen molar-refractivity contribution in [3.05, 3.63) is 59.7 Å². The van der Waals surface area contributed by atoms with Crippen LogP contribution >= 0.6 is 0 Å².